The molecule has 0 heterocycles. The summed E-state index contributed by atoms with van der Waals surface area (Å²) in [6, 6.07) is 1.74. The largest absolute Gasteiger partial charge is 0.204 e. The molecule has 0 saturated carbocycles. The first-order chi connectivity index (χ1) is 5.52. The molecule has 0 radical (unpaired) electrons. The highest BCUT2D eigenvalue weighted by atomic mass is 79.9. The molecule has 0 unspecified atom stereocenters. The fourth-order valence-electron chi connectivity index (χ4n) is 0.712. The van der Waals surface area contributed by atoms with Crippen LogP contribution in [0.4, 0.5) is 13.2 Å². The molecule has 1 aromatic rings. The minimum Gasteiger partial charge on any atom is -0.204 e. The lowest BCUT2D eigenvalue weighted by Crippen LogP contribution is -1.91. The Morgan fingerprint density at radius 2 is 1.58 bits per heavy atom. The third-order valence-corrected chi connectivity index (χ3v) is 1.75. The molecular formula is C8H4BrF3. The topological polar surface area (TPSA) is 0 Å². The summed E-state index contributed by atoms with van der Waals surface area (Å²) in [4.78, 5) is 0. The van der Waals surface area contributed by atoms with Crippen LogP contribution in [-0.2, 0) is 0 Å². The molecule has 0 atom stereocenters. The van der Waals surface area contributed by atoms with E-state index in [9.17, 15) is 13.2 Å². The van der Waals surface area contributed by atoms with Crippen LogP contribution in [0, 0.1) is 17.5 Å². The Bertz CT molecular complexity index is 310. The molecule has 0 aliphatic rings. The molecule has 0 spiro atoms. The van der Waals surface area contributed by atoms with Crippen molar-refractivity contribution >= 4 is 20.4 Å². The van der Waals surface area contributed by atoms with E-state index in [1.54, 1.807) is 0 Å². The summed E-state index contributed by atoms with van der Waals surface area (Å²) in [6.45, 7) is 3.40. The normalized spacial score (nSPS) is 10.0. The van der Waals surface area contributed by atoms with Crippen LogP contribution in [0.15, 0.2) is 18.7 Å². The molecule has 12 heavy (non-hydrogen) atoms. The Morgan fingerprint density at radius 1 is 1.17 bits per heavy atom. The van der Waals surface area contributed by atoms with Crippen molar-refractivity contribution in [3.05, 3.63) is 41.7 Å². The molecule has 4 heteroatoms. The van der Waals surface area contributed by atoms with E-state index in [0.717, 1.165) is 12.1 Å². The van der Waals surface area contributed by atoms with Gasteiger partial charge in [0.15, 0.2) is 17.5 Å². The number of halogens is 4. The van der Waals surface area contributed by atoms with Crippen molar-refractivity contribution in [1.82, 2.24) is 0 Å². The minimum atomic E-state index is -1.47. The number of hydrogen-bond donors (Lipinski definition) is 0. The van der Waals surface area contributed by atoms with Gasteiger partial charge in [0.05, 0.1) is 0 Å². The van der Waals surface area contributed by atoms with Crippen LogP contribution in [-0.4, -0.2) is 0 Å². The van der Waals surface area contributed by atoms with Crippen molar-refractivity contribution in [2.45, 2.75) is 0 Å². The van der Waals surface area contributed by atoms with E-state index < -0.39 is 17.5 Å². The first-order valence-corrected chi connectivity index (χ1v) is 3.81. The predicted octanol–water partition coefficient (Wildman–Crippen LogP) is 3.47. The van der Waals surface area contributed by atoms with Crippen molar-refractivity contribution in [2.75, 3.05) is 0 Å². The first-order valence-electron chi connectivity index (χ1n) is 3.01. The molecule has 64 valence electrons. The van der Waals surface area contributed by atoms with Crippen LogP contribution in [0.25, 0.3) is 4.48 Å². The second-order valence-corrected chi connectivity index (χ2v) is 3.12. The maximum absolute atomic E-state index is 12.5. The number of hydrogen-bond acceptors (Lipinski definition) is 0. The van der Waals surface area contributed by atoms with Crippen molar-refractivity contribution in [3.8, 4) is 0 Å². The van der Waals surface area contributed by atoms with Crippen LogP contribution in [0.3, 0.4) is 0 Å². The zero-order valence-electron chi connectivity index (χ0n) is 5.87. The van der Waals surface area contributed by atoms with Gasteiger partial charge in [0, 0.05) is 4.48 Å². The average molecular weight is 237 g/mol. The van der Waals surface area contributed by atoms with Gasteiger partial charge in [-0.05, 0) is 17.7 Å². The van der Waals surface area contributed by atoms with Crippen molar-refractivity contribution in [1.29, 1.82) is 0 Å². The number of benzene rings is 1. The molecule has 1 rings (SSSR count). The summed E-state index contributed by atoms with van der Waals surface area (Å²) in [5.41, 5.74) is 0.186. The molecule has 0 saturated heterocycles. The first kappa shape index (κ1) is 9.32. The summed E-state index contributed by atoms with van der Waals surface area (Å²) in [5.74, 6) is -3.90. The van der Waals surface area contributed by atoms with Crippen LogP contribution >= 0.6 is 15.9 Å². The van der Waals surface area contributed by atoms with Gasteiger partial charge in [-0.2, -0.15) is 0 Å². The maximum atomic E-state index is 12.5. The quantitative estimate of drug-likeness (QED) is 0.656. The van der Waals surface area contributed by atoms with Crippen LogP contribution in [0.1, 0.15) is 5.56 Å². The van der Waals surface area contributed by atoms with E-state index >= 15 is 0 Å². The van der Waals surface area contributed by atoms with Gasteiger partial charge >= 0.3 is 0 Å². The van der Waals surface area contributed by atoms with Gasteiger partial charge in [-0.15, -0.1) is 0 Å². The predicted molar refractivity (Wildman–Crippen MR) is 44.3 cm³/mol. The molecule has 0 aliphatic heterocycles. The van der Waals surface area contributed by atoms with E-state index in [-0.39, 0.29) is 5.56 Å². The van der Waals surface area contributed by atoms with Gasteiger partial charge in [-0.25, -0.2) is 13.2 Å². The lowest BCUT2D eigenvalue weighted by atomic mass is 10.2. The molecule has 0 bridgehead atoms. The lowest BCUT2D eigenvalue weighted by molar-refractivity contribution is 0.447. The second-order valence-electron chi connectivity index (χ2n) is 2.16. The fourth-order valence-corrected chi connectivity index (χ4v) is 0.941. The second kappa shape index (κ2) is 3.31. The van der Waals surface area contributed by atoms with Gasteiger partial charge in [0.1, 0.15) is 0 Å². The molecule has 1 aromatic carbocycles. The van der Waals surface area contributed by atoms with E-state index in [2.05, 4.69) is 22.5 Å². The summed E-state index contributed by atoms with van der Waals surface area (Å²) < 4.78 is 37.7. The van der Waals surface area contributed by atoms with Crippen LogP contribution in [0.5, 0.6) is 0 Å². The highest BCUT2D eigenvalue weighted by Gasteiger charge is 2.10. The Balaban J connectivity index is 3.31. The van der Waals surface area contributed by atoms with Crippen molar-refractivity contribution in [3.63, 3.8) is 0 Å². The summed E-state index contributed by atoms with van der Waals surface area (Å²) in [6.07, 6.45) is 0. The zero-order chi connectivity index (χ0) is 9.30. The van der Waals surface area contributed by atoms with Gasteiger partial charge in [-0.3, -0.25) is 0 Å². The van der Waals surface area contributed by atoms with E-state index in [1.165, 1.54) is 0 Å². The number of rotatable bonds is 1. The van der Waals surface area contributed by atoms with Gasteiger partial charge in [0.2, 0.25) is 0 Å². The van der Waals surface area contributed by atoms with Gasteiger partial charge in [0.25, 0.3) is 0 Å². The Kier molecular flexibility index (Phi) is 2.57. The Morgan fingerprint density at radius 3 is 1.92 bits per heavy atom. The summed E-state index contributed by atoms with van der Waals surface area (Å²) >= 11 is 2.93. The summed E-state index contributed by atoms with van der Waals surface area (Å²) in [5, 5.41) is 0. The average Bonchev–Trinajstić information content (AvgIpc) is 1.99. The van der Waals surface area contributed by atoms with E-state index in [4.69, 9.17) is 0 Å². The zero-order valence-corrected chi connectivity index (χ0v) is 7.46. The van der Waals surface area contributed by atoms with E-state index in [1.807, 2.05) is 0 Å². The third kappa shape index (κ3) is 1.69. The molecule has 0 nitrogen and oxygen atoms in total. The Labute approximate surface area is 75.8 Å². The lowest BCUT2D eigenvalue weighted by Gasteiger charge is -1.99. The minimum absolute atomic E-state index is 0.186. The summed E-state index contributed by atoms with van der Waals surface area (Å²) in [7, 11) is 0. The standard InChI is InChI=1S/C8H4BrF3/c1-4(9)5-2-6(10)8(12)7(11)3-5/h2-3H,1H2. The smallest absolute Gasteiger partial charge is 0.194 e. The maximum Gasteiger partial charge on any atom is 0.194 e. The molecule has 0 amide bonds. The van der Waals surface area contributed by atoms with Crippen LogP contribution < -0.4 is 0 Å². The van der Waals surface area contributed by atoms with Gasteiger partial charge < -0.3 is 0 Å². The van der Waals surface area contributed by atoms with E-state index in [0.29, 0.717) is 4.48 Å². The molecule has 0 fully saturated rings. The highest BCUT2D eigenvalue weighted by Crippen LogP contribution is 2.22. The Hall–Kier alpha value is -0.770. The highest BCUT2D eigenvalue weighted by molar-refractivity contribution is 9.15. The van der Waals surface area contributed by atoms with Crippen molar-refractivity contribution in [2.24, 2.45) is 0 Å². The fraction of sp³-hybridized carbons (Fsp3) is 0. The molecule has 0 aromatic heterocycles. The van der Waals surface area contributed by atoms with Gasteiger partial charge in [-0.1, -0.05) is 22.5 Å². The SMILES string of the molecule is C=C(Br)c1cc(F)c(F)c(F)c1. The molecule has 0 N–H and O–H groups in total. The monoisotopic (exact) mass is 236 g/mol. The van der Waals surface area contributed by atoms with Crippen molar-refractivity contribution < 1.29 is 13.2 Å². The molecule has 0 aliphatic carbocycles. The molecular weight excluding hydrogens is 233 g/mol. The third-order valence-electron chi connectivity index (χ3n) is 1.30. The van der Waals surface area contributed by atoms with Crippen LogP contribution in [0.2, 0.25) is 0 Å².